The summed E-state index contributed by atoms with van der Waals surface area (Å²) < 4.78 is 10.5. The minimum absolute atomic E-state index is 0.0181. The number of benzene rings is 2. The first kappa shape index (κ1) is 15.7. The molecule has 1 atom stereocenters. The Morgan fingerprint density at radius 1 is 1.17 bits per heavy atom. The molecule has 0 aromatic heterocycles. The highest BCUT2D eigenvalue weighted by Gasteiger charge is 2.28. The van der Waals surface area contributed by atoms with Crippen LogP contribution in [0.15, 0.2) is 41.3 Å². The molecule has 1 N–H and O–H groups in total. The summed E-state index contributed by atoms with van der Waals surface area (Å²) in [5, 5.41) is 2.84. The molecule has 2 aromatic carbocycles. The Morgan fingerprint density at radius 2 is 2.00 bits per heavy atom. The van der Waals surface area contributed by atoms with Crippen LogP contribution in [-0.2, 0) is 11.2 Å². The predicted octanol–water partition coefficient (Wildman–Crippen LogP) is 3.67. The third kappa shape index (κ3) is 3.29. The number of aryl methyl sites for hydroxylation is 1. The fraction of sp³-hybridized carbons (Fsp3) is 0.278. The summed E-state index contributed by atoms with van der Waals surface area (Å²) in [6.45, 7) is 2.06. The number of anilines is 1. The summed E-state index contributed by atoms with van der Waals surface area (Å²) in [6, 6.07) is 11.7. The van der Waals surface area contributed by atoms with E-state index in [0.717, 1.165) is 6.42 Å². The lowest BCUT2D eigenvalue weighted by Gasteiger charge is -2.14. The van der Waals surface area contributed by atoms with Crippen LogP contribution in [0.2, 0.25) is 0 Å². The molecular formula is C18H19NO3S. The van der Waals surface area contributed by atoms with Crippen molar-refractivity contribution in [1.29, 1.82) is 0 Å². The monoisotopic (exact) mass is 329 g/mol. The van der Waals surface area contributed by atoms with Gasteiger partial charge in [0.1, 0.15) is 11.5 Å². The topological polar surface area (TPSA) is 47.6 Å². The molecule has 2 aromatic rings. The maximum Gasteiger partial charge on any atom is 0.238 e. The van der Waals surface area contributed by atoms with Crippen LogP contribution in [0.4, 0.5) is 5.69 Å². The first-order chi connectivity index (χ1) is 11.1. The SMILES string of the molecule is COc1ccc(OC)c(NC(=O)C2Cc3ccc(C)cc3S2)c1. The highest BCUT2D eigenvalue weighted by atomic mass is 32.2. The lowest BCUT2D eigenvalue weighted by atomic mass is 10.1. The largest absolute Gasteiger partial charge is 0.497 e. The van der Waals surface area contributed by atoms with Crippen LogP contribution in [0, 0.1) is 6.92 Å². The van der Waals surface area contributed by atoms with Gasteiger partial charge in [-0.2, -0.15) is 0 Å². The zero-order valence-electron chi connectivity index (χ0n) is 13.4. The molecule has 1 heterocycles. The summed E-state index contributed by atoms with van der Waals surface area (Å²) in [4.78, 5) is 13.8. The van der Waals surface area contributed by atoms with E-state index in [1.807, 2.05) is 0 Å². The summed E-state index contributed by atoms with van der Waals surface area (Å²) in [6.07, 6.45) is 0.748. The van der Waals surface area contributed by atoms with E-state index in [-0.39, 0.29) is 11.2 Å². The third-order valence-electron chi connectivity index (χ3n) is 3.85. The van der Waals surface area contributed by atoms with Crippen molar-refractivity contribution >= 4 is 23.4 Å². The second-order valence-corrected chi connectivity index (χ2v) is 6.72. The van der Waals surface area contributed by atoms with Crippen LogP contribution in [0.25, 0.3) is 0 Å². The van der Waals surface area contributed by atoms with E-state index in [2.05, 4.69) is 30.4 Å². The quantitative estimate of drug-likeness (QED) is 0.930. The Balaban J connectivity index is 1.76. The molecule has 1 amide bonds. The highest BCUT2D eigenvalue weighted by molar-refractivity contribution is 8.01. The average molecular weight is 329 g/mol. The zero-order chi connectivity index (χ0) is 16.4. The summed E-state index contributed by atoms with van der Waals surface area (Å²) in [5.41, 5.74) is 3.08. The maximum atomic E-state index is 12.6. The predicted molar refractivity (Wildman–Crippen MR) is 92.7 cm³/mol. The number of ether oxygens (including phenoxy) is 2. The molecule has 3 rings (SSSR count). The van der Waals surface area contributed by atoms with Gasteiger partial charge in [0.05, 0.1) is 25.2 Å². The molecule has 120 valence electrons. The molecule has 0 radical (unpaired) electrons. The van der Waals surface area contributed by atoms with Crippen molar-refractivity contribution in [3.05, 3.63) is 47.5 Å². The number of rotatable bonds is 4. The second-order valence-electron chi connectivity index (χ2n) is 5.48. The van der Waals surface area contributed by atoms with E-state index in [4.69, 9.17) is 9.47 Å². The van der Waals surface area contributed by atoms with E-state index in [1.165, 1.54) is 16.0 Å². The molecule has 1 aliphatic rings. The molecular weight excluding hydrogens is 310 g/mol. The zero-order valence-corrected chi connectivity index (χ0v) is 14.2. The van der Waals surface area contributed by atoms with Crippen molar-refractivity contribution in [2.75, 3.05) is 19.5 Å². The number of fused-ring (bicyclic) bond motifs is 1. The minimum atomic E-state index is -0.122. The first-order valence-corrected chi connectivity index (χ1v) is 8.27. The Labute approximate surface area is 140 Å². The van der Waals surface area contributed by atoms with Crippen LogP contribution < -0.4 is 14.8 Å². The van der Waals surface area contributed by atoms with Gasteiger partial charge in [-0.25, -0.2) is 0 Å². The van der Waals surface area contributed by atoms with Gasteiger partial charge in [0.15, 0.2) is 0 Å². The summed E-state index contributed by atoms with van der Waals surface area (Å²) in [5.74, 6) is 1.28. The number of nitrogens with one attached hydrogen (secondary N) is 1. The highest BCUT2D eigenvalue weighted by Crippen LogP contribution is 2.38. The van der Waals surface area contributed by atoms with E-state index in [0.29, 0.717) is 17.2 Å². The van der Waals surface area contributed by atoms with Crippen molar-refractivity contribution in [2.24, 2.45) is 0 Å². The van der Waals surface area contributed by atoms with Gasteiger partial charge in [-0.15, -0.1) is 11.8 Å². The van der Waals surface area contributed by atoms with Crippen molar-refractivity contribution in [3.8, 4) is 11.5 Å². The van der Waals surface area contributed by atoms with E-state index in [9.17, 15) is 4.79 Å². The minimum Gasteiger partial charge on any atom is -0.497 e. The van der Waals surface area contributed by atoms with Gasteiger partial charge in [-0.3, -0.25) is 4.79 Å². The fourth-order valence-corrected chi connectivity index (χ4v) is 3.90. The molecule has 23 heavy (non-hydrogen) atoms. The Hall–Kier alpha value is -2.14. The van der Waals surface area contributed by atoms with E-state index >= 15 is 0 Å². The van der Waals surface area contributed by atoms with Gasteiger partial charge in [0.2, 0.25) is 5.91 Å². The van der Waals surface area contributed by atoms with Crippen LogP contribution in [-0.4, -0.2) is 25.4 Å². The van der Waals surface area contributed by atoms with Crippen LogP contribution in [0.3, 0.4) is 0 Å². The number of hydrogen-bond donors (Lipinski definition) is 1. The average Bonchev–Trinajstić information content (AvgIpc) is 2.98. The lowest BCUT2D eigenvalue weighted by molar-refractivity contribution is -0.115. The first-order valence-electron chi connectivity index (χ1n) is 7.40. The molecule has 5 heteroatoms. The molecule has 0 fully saturated rings. The molecule has 0 aliphatic carbocycles. The van der Waals surface area contributed by atoms with Crippen molar-refractivity contribution in [2.45, 2.75) is 23.5 Å². The van der Waals surface area contributed by atoms with Gasteiger partial charge in [-0.1, -0.05) is 17.7 Å². The van der Waals surface area contributed by atoms with E-state index in [1.54, 1.807) is 44.2 Å². The number of thioether (sulfide) groups is 1. The number of amides is 1. The number of hydrogen-bond acceptors (Lipinski definition) is 4. The van der Waals surface area contributed by atoms with Gasteiger partial charge in [0, 0.05) is 11.0 Å². The molecule has 1 unspecified atom stereocenters. The van der Waals surface area contributed by atoms with Gasteiger partial charge >= 0.3 is 0 Å². The van der Waals surface area contributed by atoms with Crippen LogP contribution in [0.5, 0.6) is 11.5 Å². The van der Waals surface area contributed by atoms with Gasteiger partial charge in [-0.05, 0) is 37.1 Å². The van der Waals surface area contributed by atoms with Crippen molar-refractivity contribution in [3.63, 3.8) is 0 Å². The van der Waals surface area contributed by atoms with E-state index < -0.39 is 0 Å². The summed E-state index contributed by atoms with van der Waals surface area (Å²) >= 11 is 1.62. The molecule has 0 spiro atoms. The Morgan fingerprint density at radius 3 is 2.74 bits per heavy atom. The third-order valence-corrected chi connectivity index (χ3v) is 5.15. The Kier molecular flexibility index (Phi) is 4.48. The normalized spacial score (nSPS) is 15.9. The number of carbonyl (C=O) groups is 1. The van der Waals surface area contributed by atoms with Crippen molar-refractivity contribution < 1.29 is 14.3 Å². The maximum absolute atomic E-state index is 12.6. The fourth-order valence-electron chi connectivity index (χ4n) is 2.61. The summed E-state index contributed by atoms with van der Waals surface area (Å²) in [7, 11) is 3.18. The Bertz CT molecular complexity index is 745. The lowest BCUT2D eigenvalue weighted by Crippen LogP contribution is -2.24. The van der Waals surface area contributed by atoms with Crippen LogP contribution in [0.1, 0.15) is 11.1 Å². The molecule has 4 nitrogen and oxygen atoms in total. The molecule has 0 bridgehead atoms. The van der Waals surface area contributed by atoms with Crippen LogP contribution >= 0.6 is 11.8 Å². The van der Waals surface area contributed by atoms with Gasteiger partial charge in [0.25, 0.3) is 0 Å². The number of carbonyl (C=O) groups excluding carboxylic acids is 1. The number of methoxy groups -OCH3 is 2. The van der Waals surface area contributed by atoms with Crippen molar-refractivity contribution in [1.82, 2.24) is 0 Å². The molecule has 0 saturated carbocycles. The second kappa shape index (κ2) is 6.54. The van der Waals surface area contributed by atoms with Gasteiger partial charge < -0.3 is 14.8 Å². The molecule has 0 saturated heterocycles. The molecule has 1 aliphatic heterocycles. The smallest absolute Gasteiger partial charge is 0.238 e. The standard InChI is InChI=1S/C18H19NO3S/c1-11-4-5-12-9-17(23-16(12)8-11)18(20)19-14-10-13(21-2)6-7-15(14)22-3/h4-8,10,17H,9H2,1-3H3,(H,19,20).